The maximum absolute atomic E-state index is 12.0. The van der Waals surface area contributed by atoms with E-state index in [1.165, 1.54) is 0 Å². The van der Waals surface area contributed by atoms with E-state index in [9.17, 15) is 4.79 Å². The average Bonchev–Trinajstić information content (AvgIpc) is 2.30. The molecule has 0 spiro atoms. The lowest BCUT2D eigenvalue weighted by Gasteiger charge is -2.24. The molecule has 0 aliphatic carbocycles. The van der Waals surface area contributed by atoms with Crippen molar-refractivity contribution in [1.82, 2.24) is 5.32 Å². The Balaban J connectivity index is 0.00000324. The molecule has 0 aliphatic heterocycles. The Morgan fingerprint density at radius 2 is 2.00 bits per heavy atom. The Hall–Kier alpha value is -2.01. The molecule has 0 atom stereocenters. The van der Waals surface area contributed by atoms with Crippen molar-refractivity contribution >= 4 is 30.1 Å². The minimum atomic E-state index is -0.431. The number of hydrogen-bond donors (Lipinski definition) is 3. The van der Waals surface area contributed by atoms with E-state index >= 15 is 0 Å². The molecule has 0 radical (unpaired) electrons. The van der Waals surface area contributed by atoms with Gasteiger partial charge < -0.3 is 11.1 Å². The van der Waals surface area contributed by atoms with Crippen LogP contribution in [-0.4, -0.2) is 18.5 Å². The van der Waals surface area contributed by atoms with Crippen molar-refractivity contribution in [2.45, 2.75) is 13.8 Å². The summed E-state index contributed by atoms with van der Waals surface area (Å²) < 4.78 is 0. The second kappa shape index (κ2) is 7.43. The van der Waals surface area contributed by atoms with Crippen molar-refractivity contribution in [2.24, 2.45) is 5.73 Å². The normalized spacial score (nSPS) is 9.16. The van der Waals surface area contributed by atoms with Crippen LogP contribution >= 0.6 is 12.4 Å². The third-order valence-electron chi connectivity index (χ3n) is 2.50. The van der Waals surface area contributed by atoms with Crippen LogP contribution in [0.15, 0.2) is 30.9 Å². The number of rotatable bonds is 3. The number of aryl methyl sites for hydroxylation is 2. The summed E-state index contributed by atoms with van der Waals surface area (Å²) in [6, 6.07) is 5.21. The molecule has 1 aromatic carbocycles. The monoisotopic (exact) mass is 282 g/mol. The molecule has 0 aromatic heterocycles. The number of halogens is 1. The van der Waals surface area contributed by atoms with E-state index in [-0.39, 0.29) is 18.4 Å². The number of benzene rings is 1. The number of guanidine groups is 1. The van der Waals surface area contributed by atoms with E-state index in [2.05, 4.69) is 11.9 Å². The molecule has 19 heavy (non-hydrogen) atoms. The Morgan fingerprint density at radius 3 is 2.42 bits per heavy atom. The third-order valence-corrected chi connectivity index (χ3v) is 2.50. The molecule has 0 saturated heterocycles. The first-order valence-electron chi connectivity index (χ1n) is 5.58. The van der Waals surface area contributed by atoms with Gasteiger partial charge in [-0.15, -0.1) is 19.0 Å². The Labute approximate surface area is 119 Å². The van der Waals surface area contributed by atoms with Crippen molar-refractivity contribution in [3.05, 3.63) is 42.0 Å². The molecule has 0 unspecified atom stereocenters. The van der Waals surface area contributed by atoms with Gasteiger partial charge >= 0.3 is 6.03 Å². The number of urea groups is 1. The number of nitrogens with two attached hydrogens (primary N) is 1. The van der Waals surface area contributed by atoms with Gasteiger partial charge in [-0.25, -0.2) is 9.69 Å². The number of amides is 2. The van der Waals surface area contributed by atoms with E-state index < -0.39 is 6.03 Å². The molecule has 0 heterocycles. The molecule has 5 nitrogen and oxygen atoms in total. The van der Waals surface area contributed by atoms with Crippen molar-refractivity contribution in [1.29, 1.82) is 5.41 Å². The molecule has 6 heteroatoms. The highest BCUT2D eigenvalue weighted by Gasteiger charge is 2.21. The zero-order valence-corrected chi connectivity index (χ0v) is 11.9. The molecule has 0 bridgehead atoms. The number of nitrogens with one attached hydrogen (secondary N) is 2. The predicted octanol–water partition coefficient (Wildman–Crippen LogP) is 2.32. The second-order valence-corrected chi connectivity index (χ2v) is 3.94. The summed E-state index contributed by atoms with van der Waals surface area (Å²) in [5, 5.41) is 10.2. The summed E-state index contributed by atoms with van der Waals surface area (Å²) >= 11 is 0. The van der Waals surface area contributed by atoms with Crippen LogP contribution in [0.4, 0.5) is 10.5 Å². The van der Waals surface area contributed by atoms with Gasteiger partial charge in [-0.05, 0) is 25.0 Å². The molecule has 1 rings (SSSR count). The Bertz CT molecular complexity index is 467. The first-order valence-corrected chi connectivity index (χ1v) is 5.58. The van der Waals surface area contributed by atoms with Crippen LogP contribution in [0.3, 0.4) is 0 Å². The second-order valence-electron chi connectivity index (χ2n) is 3.94. The van der Waals surface area contributed by atoms with Gasteiger partial charge in [0.2, 0.25) is 5.96 Å². The van der Waals surface area contributed by atoms with Crippen LogP contribution in [0.2, 0.25) is 0 Å². The summed E-state index contributed by atoms with van der Waals surface area (Å²) in [4.78, 5) is 13.2. The highest BCUT2D eigenvalue weighted by Crippen LogP contribution is 2.24. The van der Waals surface area contributed by atoms with Gasteiger partial charge in [0.15, 0.2) is 0 Å². The van der Waals surface area contributed by atoms with Gasteiger partial charge in [0, 0.05) is 6.54 Å². The molecule has 1 aromatic rings. The number of para-hydroxylation sites is 1. The van der Waals surface area contributed by atoms with Gasteiger partial charge in [-0.3, -0.25) is 5.41 Å². The minimum absolute atomic E-state index is 0. The van der Waals surface area contributed by atoms with Gasteiger partial charge in [0.05, 0.1) is 5.69 Å². The maximum atomic E-state index is 12.0. The number of carbonyl (C=O) groups is 1. The summed E-state index contributed by atoms with van der Waals surface area (Å²) in [5.74, 6) is -0.311. The van der Waals surface area contributed by atoms with Gasteiger partial charge in [0.1, 0.15) is 0 Å². The van der Waals surface area contributed by atoms with Gasteiger partial charge in [0.25, 0.3) is 0 Å². The average molecular weight is 283 g/mol. The number of nitrogens with zero attached hydrogens (tertiary/aromatic N) is 1. The summed E-state index contributed by atoms with van der Waals surface area (Å²) in [7, 11) is 0. The smallest absolute Gasteiger partial charge is 0.329 e. The third kappa shape index (κ3) is 3.99. The van der Waals surface area contributed by atoms with Crippen LogP contribution in [-0.2, 0) is 0 Å². The van der Waals surface area contributed by atoms with Crippen molar-refractivity contribution < 1.29 is 4.79 Å². The van der Waals surface area contributed by atoms with E-state index in [4.69, 9.17) is 11.1 Å². The molecule has 0 aliphatic rings. The standard InChI is InChI=1S/C13H18N4O.ClH/c1-4-8-16-13(18)17(12(14)15)11-9(2)6-5-7-10(11)3;/h4-7H,1,8H2,2-3H3,(H3,14,15)(H,16,18);1H. The van der Waals surface area contributed by atoms with E-state index in [1.807, 2.05) is 32.0 Å². The van der Waals surface area contributed by atoms with E-state index in [0.29, 0.717) is 12.2 Å². The van der Waals surface area contributed by atoms with Crippen LogP contribution in [0.25, 0.3) is 0 Å². The van der Waals surface area contributed by atoms with Crippen molar-refractivity contribution in [2.75, 3.05) is 11.4 Å². The van der Waals surface area contributed by atoms with Crippen LogP contribution < -0.4 is 16.0 Å². The quantitative estimate of drug-likeness (QED) is 0.452. The first kappa shape index (κ1) is 17.0. The molecule has 0 fully saturated rings. The number of carbonyl (C=O) groups excluding carboxylic acids is 1. The molecule has 4 N–H and O–H groups in total. The van der Waals surface area contributed by atoms with Crippen LogP contribution in [0.5, 0.6) is 0 Å². The zero-order chi connectivity index (χ0) is 13.7. The maximum Gasteiger partial charge on any atom is 0.329 e. The van der Waals surface area contributed by atoms with Crippen molar-refractivity contribution in [3.8, 4) is 0 Å². The summed E-state index contributed by atoms with van der Waals surface area (Å²) in [6.45, 7) is 7.60. The van der Waals surface area contributed by atoms with Crippen molar-refractivity contribution in [3.63, 3.8) is 0 Å². The number of anilines is 1. The zero-order valence-electron chi connectivity index (χ0n) is 11.1. The summed E-state index contributed by atoms with van der Waals surface area (Å²) in [5.41, 5.74) is 7.92. The lowest BCUT2D eigenvalue weighted by molar-refractivity contribution is 0.250. The molecule has 0 saturated carbocycles. The lowest BCUT2D eigenvalue weighted by Crippen LogP contribution is -2.47. The highest BCUT2D eigenvalue weighted by molar-refractivity contribution is 6.14. The highest BCUT2D eigenvalue weighted by atomic mass is 35.5. The van der Waals surface area contributed by atoms with Crippen LogP contribution in [0, 0.1) is 19.3 Å². The number of hydrogen-bond acceptors (Lipinski definition) is 2. The predicted molar refractivity (Wildman–Crippen MR) is 81.2 cm³/mol. The van der Waals surface area contributed by atoms with Gasteiger partial charge in [-0.1, -0.05) is 24.3 Å². The van der Waals surface area contributed by atoms with E-state index in [1.54, 1.807) is 6.08 Å². The fourth-order valence-corrected chi connectivity index (χ4v) is 1.73. The Kier molecular flexibility index (Phi) is 6.64. The first-order chi connectivity index (χ1) is 8.49. The molecule has 104 valence electrons. The minimum Gasteiger partial charge on any atom is -0.369 e. The fourth-order valence-electron chi connectivity index (χ4n) is 1.73. The van der Waals surface area contributed by atoms with Crippen LogP contribution in [0.1, 0.15) is 11.1 Å². The van der Waals surface area contributed by atoms with E-state index in [0.717, 1.165) is 16.0 Å². The van der Waals surface area contributed by atoms with Gasteiger partial charge in [-0.2, -0.15) is 0 Å². The topological polar surface area (TPSA) is 82.2 Å². The molecular weight excluding hydrogens is 264 g/mol. The summed E-state index contributed by atoms with van der Waals surface area (Å²) in [6.07, 6.45) is 1.57. The molecule has 2 amide bonds. The largest absolute Gasteiger partial charge is 0.369 e. The molecular formula is C13H19ClN4O. The fraction of sp³-hybridized carbons (Fsp3) is 0.231. The SMILES string of the molecule is C=CCNC(=O)N(C(=N)N)c1c(C)cccc1C.Cl. The lowest BCUT2D eigenvalue weighted by atomic mass is 10.1. The Morgan fingerprint density at radius 1 is 1.47 bits per heavy atom.